The van der Waals surface area contributed by atoms with Gasteiger partial charge in [0.15, 0.2) is 11.5 Å². The molecule has 1 aromatic heterocycles. The molecular weight excluding hydrogens is 380 g/mol. The molecule has 2 aliphatic heterocycles. The zero-order valence-electron chi connectivity index (χ0n) is 17.2. The first-order chi connectivity index (χ1) is 14.6. The number of hydrogen-bond donors (Lipinski definition) is 0. The fourth-order valence-corrected chi connectivity index (χ4v) is 3.95. The highest BCUT2D eigenvalue weighted by molar-refractivity contribution is 5.97. The number of hydrogen-bond acceptors (Lipinski definition) is 6. The Hall–Kier alpha value is -3.19. The van der Waals surface area contributed by atoms with Gasteiger partial charge in [0, 0.05) is 38.3 Å². The Balaban J connectivity index is 1.23. The lowest BCUT2D eigenvalue weighted by atomic mass is 10.1. The second-order valence-corrected chi connectivity index (χ2v) is 7.85. The van der Waals surface area contributed by atoms with E-state index in [1.807, 2.05) is 49.1 Å². The van der Waals surface area contributed by atoms with Gasteiger partial charge in [-0.15, -0.1) is 0 Å². The Kier molecular flexibility index (Phi) is 4.75. The maximum atomic E-state index is 13.0. The Morgan fingerprint density at radius 3 is 2.43 bits per heavy atom. The predicted octanol–water partition coefficient (Wildman–Crippen LogP) is 2.93. The number of carbonyl (C=O) groups is 1. The van der Waals surface area contributed by atoms with Crippen molar-refractivity contribution in [3.05, 3.63) is 58.9 Å². The van der Waals surface area contributed by atoms with E-state index in [1.54, 1.807) is 0 Å². The minimum Gasteiger partial charge on any atom is -0.454 e. The monoisotopic (exact) mass is 404 g/mol. The summed E-state index contributed by atoms with van der Waals surface area (Å²) in [5.74, 6) is 1.67. The van der Waals surface area contributed by atoms with Crippen molar-refractivity contribution in [2.45, 2.75) is 20.4 Å². The summed E-state index contributed by atoms with van der Waals surface area (Å²) in [6.07, 6.45) is 0. The van der Waals surface area contributed by atoms with Gasteiger partial charge < -0.3 is 14.4 Å². The zero-order chi connectivity index (χ0) is 20.7. The third-order valence-corrected chi connectivity index (χ3v) is 5.82. The van der Waals surface area contributed by atoms with Gasteiger partial charge in [-0.1, -0.05) is 6.07 Å². The van der Waals surface area contributed by atoms with E-state index in [2.05, 4.69) is 20.9 Å². The molecule has 30 heavy (non-hydrogen) atoms. The number of aryl methyl sites for hydroxylation is 2. The van der Waals surface area contributed by atoms with E-state index >= 15 is 0 Å². The van der Waals surface area contributed by atoms with Crippen molar-refractivity contribution in [1.29, 1.82) is 0 Å². The number of amides is 1. The van der Waals surface area contributed by atoms with Crippen LogP contribution in [0.25, 0.3) is 11.0 Å². The lowest BCUT2D eigenvalue weighted by Gasteiger charge is -2.34. The molecule has 0 N–H and O–H groups in total. The minimum absolute atomic E-state index is 0.0552. The van der Waals surface area contributed by atoms with Crippen LogP contribution >= 0.6 is 0 Å². The highest BCUT2D eigenvalue weighted by atomic mass is 16.7. The average Bonchev–Trinajstić information content (AvgIpc) is 3.22. The van der Waals surface area contributed by atoms with Crippen molar-refractivity contribution in [3.8, 4) is 11.5 Å². The Morgan fingerprint density at radius 1 is 0.900 bits per heavy atom. The normalized spacial score (nSPS) is 16.3. The Bertz CT molecular complexity index is 1120. The summed E-state index contributed by atoms with van der Waals surface area (Å²) in [4.78, 5) is 26.4. The van der Waals surface area contributed by atoms with Gasteiger partial charge in [0.1, 0.15) is 0 Å². The van der Waals surface area contributed by atoms with Gasteiger partial charge in [0.2, 0.25) is 6.79 Å². The minimum atomic E-state index is 0.0552. The summed E-state index contributed by atoms with van der Waals surface area (Å²) >= 11 is 0. The van der Waals surface area contributed by atoms with Crippen LogP contribution < -0.4 is 9.47 Å². The van der Waals surface area contributed by atoms with Gasteiger partial charge in [0.25, 0.3) is 5.91 Å². The molecule has 5 rings (SSSR count). The fraction of sp³-hybridized carbons (Fsp3) is 0.348. The molecule has 0 unspecified atom stereocenters. The number of ether oxygens (including phenoxy) is 2. The molecule has 0 saturated carbocycles. The number of rotatable bonds is 3. The van der Waals surface area contributed by atoms with Crippen LogP contribution in [0.5, 0.6) is 11.5 Å². The first-order valence-corrected chi connectivity index (χ1v) is 10.2. The van der Waals surface area contributed by atoms with E-state index < -0.39 is 0 Å². The second kappa shape index (κ2) is 7.57. The van der Waals surface area contributed by atoms with Crippen molar-refractivity contribution < 1.29 is 14.3 Å². The Morgan fingerprint density at radius 2 is 1.63 bits per heavy atom. The number of carbonyl (C=O) groups excluding carboxylic acids is 1. The van der Waals surface area contributed by atoms with Crippen molar-refractivity contribution in [2.24, 2.45) is 0 Å². The average molecular weight is 404 g/mol. The second-order valence-electron chi connectivity index (χ2n) is 7.85. The molecule has 0 atom stereocenters. The van der Waals surface area contributed by atoms with Gasteiger partial charge in [-0.05, 0) is 49.7 Å². The molecule has 2 aliphatic rings. The molecule has 3 aromatic rings. The fourth-order valence-electron chi connectivity index (χ4n) is 3.95. The molecule has 1 amide bonds. The highest BCUT2D eigenvalue weighted by Crippen LogP contribution is 2.32. The molecule has 1 fully saturated rings. The third-order valence-electron chi connectivity index (χ3n) is 5.82. The van der Waals surface area contributed by atoms with Crippen LogP contribution in [0.3, 0.4) is 0 Å². The van der Waals surface area contributed by atoms with Crippen LogP contribution in [0.15, 0.2) is 36.4 Å². The van der Waals surface area contributed by atoms with E-state index in [1.165, 1.54) is 5.56 Å². The summed E-state index contributed by atoms with van der Waals surface area (Å²) in [6.45, 7) is 8.11. The third kappa shape index (κ3) is 3.57. The molecule has 0 spiro atoms. The van der Waals surface area contributed by atoms with Crippen LogP contribution in [-0.2, 0) is 6.54 Å². The van der Waals surface area contributed by atoms with Crippen LogP contribution in [0.4, 0.5) is 0 Å². The first-order valence-electron chi connectivity index (χ1n) is 10.2. The van der Waals surface area contributed by atoms with E-state index in [4.69, 9.17) is 9.47 Å². The molecule has 0 aliphatic carbocycles. The first kappa shape index (κ1) is 18.8. The van der Waals surface area contributed by atoms with E-state index in [-0.39, 0.29) is 5.91 Å². The number of piperazine rings is 1. The molecule has 3 heterocycles. The lowest BCUT2D eigenvalue weighted by molar-refractivity contribution is 0.0628. The van der Waals surface area contributed by atoms with Gasteiger partial charge >= 0.3 is 0 Å². The maximum absolute atomic E-state index is 13.0. The van der Waals surface area contributed by atoms with Crippen LogP contribution in [0.1, 0.15) is 27.3 Å². The molecule has 0 bridgehead atoms. The van der Waals surface area contributed by atoms with Gasteiger partial charge in [-0.2, -0.15) is 0 Å². The molecule has 154 valence electrons. The molecule has 7 nitrogen and oxygen atoms in total. The van der Waals surface area contributed by atoms with E-state index in [9.17, 15) is 4.79 Å². The quantitative estimate of drug-likeness (QED) is 0.669. The van der Waals surface area contributed by atoms with E-state index in [0.29, 0.717) is 25.4 Å². The van der Waals surface area contributed by atoms with Gasteiger partial charge in [-0.25, -0.2) is 9.97 Å². The molecule has 0 radical (unpaired) electrons. The van der Waals surface area contributed by atoms with Crippen LogP contribution in [-0.4, -0.2) is 58.6 Å². The summed E-state index contributed by atoms with van der Waals surface area (Å²) < 4.78 is 10.8. The standard InChI is InChI=1S/C23H24N4O3/c1-15-16(2)25-20-12-18(4-5-19(20)24-15)23(28)27-9-7-26(8-10-27)13-17-3-6-21-22(11-17)30-14-29-21/h3-6,11-12H,7-10,13-14H2,1-2H3. The molecular formula is C23H24N4O3. The van der Waals surface area contributed by atoms with Crippen LogP contribution in [0.2, 0.25) is 0 Å². The van der Waals surface area contributed by atoms with Gasteiger partial charge in [0.05, 0.1) is 22.4 Å². The van der Waals surface area contributed by atoms with Crippen LogP contribution in [0, 0.1) is 13.8 Å². The molecule has 7 heteroatoms. The van der Waals surface area contributed by atoms with E-state index in [0.717, 1.165) is 53.6 Å². The number of fused-ring (bicyclic) bond motifs is 2. The summed E-state index contributed by atoms with van der Waals surface area (Å²) in [6, 6.07) is 11.7. The van der Waals surface area contributed by atoms with Gasteiger partial charge in [-0.3, -0.25) is 9.69 Å². The smallest absolute Gasteiger partial charge is 0.254 e. The predicted molar refractivity (Wildman–Crippen MR) is 113 cm³/mol. The molecule has 2 aromatic carbocycles. The number of benzene rings is 2. The maximum Gasteiger partial charge on any atom is 0.254 e. The topological polar surface area (TPSA) is 67.8 Å². The zero-order valence-corrected chi connectivity index (χ0v) is 17.2. The highest BCUT2D eigenvalue weighted by Gasteiger charge is 2.23. The molecule has 1 saturated heterocycles. The van der Waals surface area contributed by atoms with Crippen molar-refractivity contribution >= 4 is 16.9 Å². The number of nitrogens with zero attached hydrogens (tertiary/aromatic N) is 4. The SMILES string of the molecule is Cc1nc2ccc(C(=O)N3CCN(Cc4ccc5c(c4)OCO5)CC3)cc2nc1C. The van der Waals surface area contributed by atoms with Crippen molar-refractivity contribution in [3.63, 3.8) is 0 Å². The Labute approximate surface area is 175 Å². The largest absolute Gasteiger partial charge is 0.454 e. The lowest BCUT2D eigenvalue weighted by Crippen LogP contribution is -2.48. The van der Waals surface area contributed by atoms with Crippen molar-refractivity contribution in [1.82, 2.24) is 19.8 Å². The summed E-state index contributed by atoms with van der Waals surface area (Å²) in [7, 11) is 0. The van der Waals surface area contributed by atoms with Crippen molar-refractivity contribution in [2.75, 3.05) is 33.0 Å². The number of aromatic nitrogens is 2. The summed E-state index contributed by atoms with van der Waals surface area (Å²) in [5.41, 5.74) is 5.26. The summed E-state index contributed by atoms with van der Waals surface area (Å²) in [5, 5.41) is 0.